The van der Waals surface area contributed by atoms with Gasteiger partial charge in [0.2, 0.25) is 0 Å². The molecular formula is C14H16FN3O. The van der Waals surface area contributed by atoms with E-state index in [0.29, 0.717) is 22.6 Å². The van der Waals surface area contributed by atoms with E-state index in [0.717, 1.165) is 12.8 Å². The van der Waals surface area contributed by atoms with Crippen LogP contribution in [0, 0.1) is 5.82 Å². The summed E-state index contributed by atoms with van der Waals surface area (Å²) in [7, 11) is 0. The lowest BCUT2D eigenvalue weighted by molar-refractivity contribution is 0.0691. The number of carbonyl (C=O) groups is 1. The van der Waals surface area contributed by atoms with Crippen molar-refractivity contribution in [2.75, 3.05) is 0 Å². The first-order valence-electron chi connectivity index (χ1n) is 6.53. The van der Waals surface area contributed by atoms with Gasteiger partial charge in [-0.05, 0) is 38.8 Å². The monoisotopic (exact) mass is 261 g/mol. The zero-order valence-electron chi connectivity index (χ0n) is 11.0. The topological polar surface area (TPSA) is 49.0 Å². The zero-order chi connectivity index (χ0) is 13.6. The van der Waals surface area contributed by atoms with Gasteiger partial charge < -0.3 is 9.88 Å². The SMILES string of the molecule is CC(C)N(C(=O)c1cc(F)cc2[nH]cnc12)C1CC1. The number of hydrogen-bond donors (Lipinski definition) is 1. The van der Waals surface area contributed by atoms with Gasteiger partial charge in [-0.15, -0.1) is 0 Å². The second-order valence-electron chi connectivity index (χ2n) is 5.29. The fourth-order valence-corrected chi connectivity index (χ4v) is 2.49. The van der Waals surface area contributed by atoms with Crippen molar-refractivity contribution in [3.8, 4) is 0 Å². The highest BCUT2D eigenvalue weighted by molar-refractivity contribution is 6.05. The third-order valence-electron chi connectivity index (χ3n) is 3.45. The Balaban J connectivity index is 2.07. The van der Waals surface area contributed by atoms with Crippen LogP contribution in [0.1, 0.15) is 37.0 Å². The third-order valence-corrected chi connectivity index (χ3v) is 3.45. The van der Waals surface area contributed by atoms with E-state index >= 15 is 0 Å². The van der Waals surface area contributed by atoms with Gasteiger partial charge in [-0.2, -0.15) is 0 Å². The molecular weight excluding hydrogens is 245 g/mol. The van der Waals surface area contributed by atoms with Crippen LogP contribution in [0.2, 0.25) is 0 Å². The molecule has 0 saturated heterocycles. The Bertz CT molecular complexity index is 629. The van der Waals surface area contributed by atoms with Crippen LogP contribution in [0.25, 0.3) is 11.0 Å². The number of H-pyrrole nitrogens is 1. The molecule has 1 aliphatic rings. The number of hydrogen-bond acceptors (Lipinski definition) is 2. The van der Waals surface area contributed by atoms with Gasteiger partial charge >= 0.3 is 0 Å². The number of aromatic amines is 1. The minimum atomic E-state index is -0.417. The van der Waals surface area contributed by atoms with Gasteiger partial charge in [-0.3, -0.25) is 4.79 Å². The van der Waals surface area contributed by atoms with E-state index in [1.807, 2.05) is 18.7 Å². The summed E-state index contributed by atoms with van der Waals surface area (Å²) >= 11 is 0. The number of amides is 1. The van der Waals surface area contributed by atoms with E-state index in [1.165, 1.54) is 18.5 Å². The van der Waals surface area contributed by atoms with Gasteiger partial charge in [0.25, 0.3) is 5.91 Å². The van der Waals surface area contributed by atoms with Crippen molar-refractivity contribution in [1.82, 2.24) is 14.9 Å². The van der Waals surface area contributed by atoms with E-state index in [1.54, 1.807) is 0 Å². The molecule has 1 N–H and O–H groups in total. The standard InChI is InChI=1S/C14H16FN3O/c1-8(2)18(10-3-4-10)14(19)11-5-9(15)6-12-13(11)17-7-16-12/h5-8,10H,3-4H2,1-2H3,(H,16,17). The fourth-order valence-electron chi connectivity index (χ4n) is 2.49. The summed E-state index contributed by atoms with van der Waals surface area (Å²) in [6, 6.07) is 3.04. The van der Waals surface area contributed by atoms with Crippen molar-refractivity contribution in [3.63, 3.8) is 0 Å². The van der Waals surface area contributed by atoms with Gasteiger partial charge in [0.1, 0.15) is 11.3 Å². The molecule has 100 valence electrons. The molecule has 3 rings (SSSR count). The maximum atomic E-state index is 13.6. The molecule has 0 atom stereocenters. The molecule has 0 bridgehead atoms. The lowest BCUT2D eigenvalue weighted by Crippen LogP contribution is -2.38. The van der Waals surface area contributed by atoms with Crippen LogP contribution in [0.15, 0.2) is 18.5 Å². The molecule has 5 heteroatoms. The van der Waals surface area contributed by atoms with Crippen molar-refractivity contribution in [3.05, 3.63) is 29.8 Å². The van der Waals surface area contributed by atoms with Crippen LogP contribution in [0.4, 0.5) is 4.39 Å². The minimum absolute atomic E-state index is 0.109. The number of imidazole rings is 1. The maximum absolute atomic E-state index is 13.6. The summed E-state index contributed by atoms with van der Waals surface area (Å²) in [5.74, 6) is -0.547. The Labute approximate surface area is 110 Å². The van der Waals surface area contributed by atoms with Crippen molar-refractivity contribution < 1.29 is 9.18 Å². The molecule has 19 heavy (non-hydrogen) atoms. The van der Waals surface area contributed by atoms with Crippen molar-refractivity contribution in [2.24, 2.45) is 0 Å². The Hall–Kier alpha value is -1.91. The molecule has 4 nitrogen and oxygen atoms in total. The van der Waals surface area contributed by atoms with Crippen LogP contribution in [-0.2, 0) is 0 Å². The Morgan fingerprint density at radius 2 is 2.21 bits per heavy atom. The molecule has 1 heterocycles. The van der Waals surface area contributed by atoms with Crippen LogP contribution >= 0.6 is 0 Å². The van der Waals surface area contributed by atoms with Crippen molar-refractivity contribution in [2.45, 2.75) is 38.8 Å². The highest BCUT2D eigenvalue weighted by Gasteiger charge is 2.35. The van der Waals surface area contributed by atoms with Gasteiger partial charge in [0.15, 0.2) is 0 Å². The summed E-state index contributed by atoms with van der Waals surface area (Å²) < 4.78 is 13.6. The molecule has 2 aromatic rings. The fraction of sp³-hybridized carbons (Fsp3) is 0.429. The predicted octanol–water partition coefficient (Wildman–Crippen LogP) is 2.72. The molecule has 1 amide bonds. The number of benzene rings is 1. The molecule has 0 radical (unpaired) electrons. The highest BCUT2D eigenvalue weighted by Crippen LogP contribution is 2.31. The van der Waals surface area contributed by atoms with Gasteiger partial charge in [0, 0.05) is 12.1 Å². The molecule has 0 spiro atoms. The van der Waals surface area contributed by atoms with Gasteiger partial charge in [-0.1, -0.05) is 0 Å². The van der Waals surface area contributed by atoms with Gasteiger partial charge in [0.05, 0.1) is 17.4 Å². The largest absolute Gasteiger partial charge is 0.344 e. The average molecular weight is 261 g/mol. The maximum Gasteiger partial charge on any atom is 0.256 e. The molecule has 1 aliphatic carbocycles. The van der Waals surface area contributed by atoms with Crippen molar-refractivity contribution in [1.29, 1.82) is 0 Å². The number of rotatable bonds is 3. The third kappa shape index (κ3) is 2.09. The van der Waals surface area contributed by atoms with Gasteiger partial charge in [-0.25, -0.2) is 9.37 Å². The summed E-state index contributed by atoms with van der Waals surface area (Å²) in [4.78, 5) is 21.5. The average Bonchev–Trinajstić information content (AvgIpc) is 3.05. The van der Waals surface area contributed by atoms with Crippen LogP contribution < -0.4 is 0 Å². The van der Waals surface area contributed by atoms with E-state index in [9.17, 15) is 9.18 Å². The normalized spacial score (nSPS) is 15.2. The number of carbonyl (C=O) groups excluding carboxylic acids is 1. The Morgan fingerprint density at radius 1 is 1.47 bits per heavy atom. The van der Waals surface area contributed by atoms with E-state index < -0.39 is 5.82 Å². The van der Waals surface area contributed by atoms with Crippen LogP contribution in [-0.4, -0.2) is 32.9 Å². The number of aromatic nitrogens is 2. The Kier molecular flexibility index (Phi) is 2.77. The number of nitrogens with zero attached hydrogens (tertiary/aromatic N) is 2. The smallest absolute Gasteiger partial charge is 0.256 e. The van der Waals surface area contributed by atoms with Crippen LogP contribution in [0.5, 0.6) is 0 Å². The number of nitrogens with one attached hydrogen (secondary N) is 1. The van der Waals surface area contributed by atoms with Crippen LogP contribution in [0.3, 0.4) is 0 Å². The first-order chi connectivity index (χ1) is 9.08. The van der Waals surface area contributed by atoms with E-state index in [2.05, 4.69) is 9.97 Å². The lowest BCUT2D eigenvalue weighted by Gasteiger charge is -2.26. The molecule has 0 aliphatic heterocycles. The van der Waals surface area contributed by atoms with E-state index in [-0.39, 0.29) is 11.9 Å². The first-order valence-corrected chi connectivity index (χ1v) is 6.53. The molecule has 1 saturated carbocycles. The minimum Gasteiger partial charge on any atom is -0.344 e. The van der Waals surface area contributed by atoms with E-state index in [4.69, 9.17) is 0 Å². The first kappa shape index (κ1) is 12.1. The van der Waals surface area contributed by atoms with Crippen molar-refractivity contribution >= 4 is 16.9 Å². The molecule has 1 aromatic carbocycles. The second-order valence-corrected chi connectivity index (χ2v) is 5.29. The quantitative estimate of drug-likeness (QED) is 0.923. The predicted molar refractivity (Wildman–Crippen MR) is 70.4 cm³/mol. The number of fused-ring (bicyclic) bond motifs is 1. The lowest BCUT2D eigenvalue weighted by atomic mass is 10.1. The summed E-state index contributed by atoms with van der Waals surface area (Å²) in [6.07, 6.45) is 3.55. The second kappa shape index (κ2) is 4.33. The number of halogens is 1. The Morgan fingerprint density at radius 3 is 2.84 bits per heavy atom. The molecule has 1 aromatic heterocycles. The summed E-state index contributed by atoms with van der Waals surface area (Å²) in [6.45, 7) is 3.97. The highest BCUT2D eigenvalue weighted by atomic mass is 19.1. The summed E-state index contributed by atoms with van der Waals surface area (Å²) in [5.41, 5.74) is 1.44. The zero-order valence-corrected chi connectivity index (χ0v) is 11.0. The molecule has 1 fully saturated rings. The molecule has 0 unspecified atom stereocenters. The summed E-state index contributed by atoms with van der Waals surface area (Å²) in [5, 5.41) is 0.